The average molecular weight is 274 g/mol. The standard InChI is InChI=1S/C11H15FN2O5/c1-13-3-2-9(15)11(17)6-4-8(14(18)19)10(16)5-7(6)12/h4-5,9,11,13,15-17H,2-3H2,1H3. The molecule has 106 valence electrons. The predicted octanol–water partition coefficient (Wildman–Crippen LogP) is 0.443. The van der Waals surface area contributed by atoms with E-state index < -0.39 is 39.9 Å². The van der Waals surface area contributed by atoms with Gasteiger partial charge in [0.1, 0.15) is 11.9 Å². The van der Waals surface area contributed by atoms with Gasteiger partial charge in [-0.2, -0.15) is 0 Å². The second kappa shape index (κ2) is 6.41. The number of benzene rings is 1. The molecule has 2 atom stereocenters. The summed E-state index contributed by atoms with van der Waals surface area (Å²) >= 11 is 0. The number of halogens is 1. The van der Waals surface area contributed by atoms with E-state index in [-0.39, 0.29) is 6.42 Å². The Labute approximate surface area is 108 Å². The lowest BCUT2D eigenvalue weighted by atomic mass is 10.0. The smallest absolute Gasteiger partial charge is 0.311 e. The first-order valence-corrected chi connectivity index (χ1v) is 5.56. The van der Waals surface area contributed by atoms with Crippen LogP contribution in [0.5, 0.6) is 5.75 Å². The van der Waals surface area contributed by atoms with Crippen LogP contribution in [0, 0.1) is 15.9 Å². The number of nitro benzene ring substituents is 1. The molecule has 0 saturated heterocycles. The van der Waals surface area contributed by atoms with Crippen LogP contribution in [0.3, 0.4) is 0 Å². The zero-order chi connectivity index (χ0) is 14.6. The highest BCUT2D eigenvalue weighted by molar-refractivity contribution is 5.49. The molecule has 0 spiro atoms. The number of aliphatic hydroxyl groups is 2. The number of aromatic hydroxyl groups is 1. The fourth-order valence-electron chi connectivity index (χ4n) is 1.60. The Hall–Kier alpha value is -1.77. The first kappa shape index (κ1) is 15.3. The van der Waals surface area contributed by atoms with Crippen LogP contribution in [0.4, 0.5) is 10.1 Å². The Balaban J connectivity index is 3.05. The van der Waals surface area contributed by atoms with Crippen LogP contribution in [-0.2, 0) is 0 Å². The molecule has 0 aromatic heterocycles. The number of phenolic OH excluding ortho intramolecular Hbond substituents is 1. The van der Waals surface area contributed by atoms with Crippen molar-refractivity contribution in [3.05, 3.63) is 33.6 Å². The fourth-order valence-corrected chi connectivity index (χ4v) is 1.60. The van der Waals surface area contributed by atoms with Crippen LogP contribution in [0.25, 0.3) is 0 Å². The van der Waals surface area contributed by atoms with Crippen LogP contribution in [0.15, 0.2) is 12.1 Å². The van der Waals surface area contributed by atoms with Gasteiger partial charge in [-0.15, -0.1) is 0 Å². The second-order valence-corrected chi connectivity index (χ2v) is 4.02. The Morgan fingerprint density at radius 1 is 1.47 bits per heavy atom. The molecule has 8 heteroatoms. The highest BCUT2D eigenvalue weighted by Crippen LogP contribution is 2.32. The number of nitrogens with zero attached hydrogens (tertiary/aromatic N) is 1. The van der Waals surface area contributed by atoms with E-state index >= 15 is 0 Å². The van der Waals surface area contributed by atoms with Gasteiger partial charge in [0.2, 0.25) is 0 Å². The summed E-state index contributed by atoms with van der Waals surface area (Å²) in [6.45, 7) is 0.389. The maximum absolute atomic E-state index is 13.6. The molecule has 0 aliphatic carbocycles. The van der Waals surface area contributed by atoms with Crippen LogP contribution < -0.4 is 5.32 Å². The Morgan fingerprint density at radius 3 is 2.63 bits per heavy atom. The molecule has 2 unspecified atom stereocenters. The fraction of sp³-hybridized carbons (Fsp3) is 0.455. The molecule has 0 radical (unpaired) electrons. The Morgan fingerprint density at radius 2 is 2.11 bits per heavy atom. The maximum atomic E-state index is 13.6. The summed E-state index contributed by atoms with van der Waals surface area (Å²) in [6, 6.07) is 1.26. The summed E-state index contributed by atoms with van der Waals surface area (Å²) in [5.74, 6) is -1.85. The van der Waals surface area contributed by atoms with E-state index in [9.17, 15) is 29.8 Å². The molecular weight excluding hydrogens is 259 g/mol. The minimum Gasteiger partial charge on any atom is -0.502 e. The number of nitrogens with one attached hydrogen (secondary N) is 1. The first-order valence-electron chi connectivity index (χ1n) is 5.56. The molecule has 1 rings (SSSR count). The zero-order valence-corrected chi connectivity index (χ0v) is 10.2. The molecule has 0 fully saturated rings. The highest BCUT2D eigenvalue weighted by atomic mass is 19.1. The number of hydrogen-bond acceptors (Lipinski definition) is 6. The molecule has 0 saturated carbocycles. The normalized spacial score (nSPS) is 14.1. The minimum absolute atomic E-state index is 0.145. The summed E-state index contributed by atoms with van der Waals surface area (Å²) in [5, 5.41) is 42.0. The minimum atomic E-state index is -1.60. The van der Waals surface area contributed by atoms with Crippen molar-refractivity contribution in [2.45, 2.75) is 18.6 Å². The van der Waals surface area contributed by atoms with E-state index in [2.05, 4.69) is 5.32 Å². The number of rotatable bonds is 6. The molecule has 0 aliphatic heterocycles. The summed E-state index contributed by atoms with van der Waals surface area (Å²) in [6.07, 6.45) is -2.73. The van der Waals surface area contributed by atoms with Crippen molar-refractivity contribution in [2.24, 2.45) is 0 Å². The van der Waals surface area contributed by atoms with Crippen LogP contribution in [-0.4, -0.2) is 39.9 Å². The van der Waals surface area contributed by atoms with Gasteiger partial charge in [-0.1, -0.05) is 0 Å². The summed E-state index contributed by atoms with van der Waals surface area (Å²) < 4.78 is 13.6. The molecule has 0 aliphatic rings. The van der Waals surface area contributed by atoms with Gasteiger partial charge >= 0.3 is 5.69 Å². The third kappa shape index (κ3) is 3.60. The van der Waals surface area contributed by atoms with Gasteiger partial charge in [0.25, 0.3) is 0 Å². The van der Waals surface area contributed by atoms with Crippen molar-refractivity contribution in [1.29, 1.82) is 0 Å². The van der Waals surface area contributed by atoms with E-state index in [0.29, 0.717) is 12.6 Å². The lowest BCUT2D eigenvalue weighted by Gasteiger charge is -2.18. The number of phenols is 1. The highest BCUT2D eigenvalue weighted by Gasteiger charge is 2.26. The summed E-state index contributed by atoms with van der Waals surface area (Å²) in [7, 11) is 1.64. The first-order chi connectivity index (χ1) is 8.88. The van der Waals surface area contributed by atoms with E-state index in [0.717, 1.165) is 6.07 Å². The molecule has 1 aromatic carbocycles. The van der Waals surface area contributed by atoms with Gasteiger partial charge in [-0.25, -0.2) is 4.39 Å². The van der Waals surface area contributed by atoms with Crippen molar-refractivity contribution < 1.29 is 24.6 Å². The van der Waals surface area contributed by atoms with Crippen molar-refractivity contribution in [3.8, 4) is 5.75 Å². The van der Waals surface area contributed by atoms with Crippen molar-refractivity contribution in [3.63, 3.8) is 0 Å². The molecule has 7 nitrogen and oxygen atoms in total. The average Bonchev–Trinajstić information content (AvgIpc) is 2.34. The van der Waals surface area contributed by atoms with Gasteiger partial charge in [0, 0.05) is 17.7 Å². The van der Waals surface area contributed by atoms with Crippen LogP contribution >= 0.6 is 0 Å². The lowest BCUT2D eigenvalue weighted by molar-refractivity contribution is -0.386. The van der Waals surface area contributed by atoms with E-state index in [4.69, 9.17) is 0 Å². The second-order valence-electron chi connectivity index (χ2n) is 4.02. The van der Waals surface area contributed by atoms with Crippen molar-refractivity contribution in [1.82, 2.24) is 5.32 Å². The molecule has 0 amide bonds. The largest absolute Gasteiger partial charge is 0.502 e. The number of aliphatic hydroxyl groups excluding tert-OH is 2. The van der Waals surface area contributed by atoms with Gasteiger partial charge in [-0.05, 0) is 20.0 Å². The third-order valence-electron chi connectivity index (χ3n) is 2.66. The van der Waals surface area contributed by atoms with E-state index in [1.165, 1.54) is 0 Å². The third-order valence-corrected chi connectivity index (χ3v) is 2.66. The molecular formula is C11H15FN2O5. The van der Waals surface area contributed by atoms with Crippen molar-refractivity contribution >= 4 is 5.69 Å². The van der Waals surface area contributed by atoms with Gasteiger partial charge in [0.05, 0.1) is 11.0 Å². The van der Waals surface area contributed by atoms with Crippen LogP contribution in [0.2, 0.25) is 0 Å². The van der Waals surface area contributed by atoms with Crippen LogP contribution in [0.1, 0.15) is 18.1 Å². The maximum Gasteiger partial charge on any atom is 0.311 e. The van der Waals surface area contributed by atoms with Gasteiger partial charge < -0.3 is 20.6 Å². The topological polar surface area (TPSA) is 116 Å². The quantitative estimate of drug-likeness (QED) is 0.442. The Kier molecular flexibility index (Phi) is 5.16. The number of hydrogen-bond donors (Lipinski definition) is 4. The summed E-state index contributed by atoms with van der Waals surface area (Å²) in [5.41, 5.74) is -1.15. The van der Waals surface area contributed by atoms with E-state index in [1.807, 2.05) is 0 Å². The molecule has 0 bridgehead atoms. The monoisotopic (exact) mass is 274 g/mol. The predicted molar refractivity (Wildman–Crippen MR) is 64.2 cm³/mol. The molecule has 0 heterocycles. The SMILES string of the molecule is CNCCC(O)C(O)c1cc([N+](=O)[O-])c(O)cc1F. The molecule has 4 N–H and O–H groups in total. The lowest BCUT2D eigenvalue weighted by Crippen LogP contribution is -2.24. The van der Waals surface area contributed by atoms with Crippen molar-refractivity contribution in [2.75, 3.05) is 13.6 Å². The molecule has 1 aromatic rings. The zero-order valence-electron chi connectivity index (χ0n) is 10.2. The Bertz CT molecular complexity index is 469. The molecule has 19 heavy (non-hydrogen) atoms. The summed E-state index contributed by atoms with van der Waals surface area (Å²) in [4.78, 5) is 9.72. The van der Waals surface area contributed by atoms with Gasteiger partial charge in [-0.3, -0.25) is 10.1 Å². The van der Waals surface area contributed by atoms with E-state index in [1.54, 1.807) is 7.05 Å². The van der Waals surface area contributed by atoms with Gasteiger partial charge in [0.15, 0.2) is 5.75 Å². The number of nitro groups is 1.